The highest BCUT2D eigenvalue weighted by Gasteiger charge is 2.07. The van der Waals surface area contributed by atoms with E-state index in [1.54, 1.807) is 23.6 Å². The molecule has 0 unspecified atom stereocenters. The molecule has 2 rings (SSSR count). The SMILES string of the molecule is COC(=O)c1ccc(NCc2nccs2)c(C)c1. The number of rotatable bonds is 4. The molecule has 1 heterocycles. The predicted octanol–water partition coefficient (Wildman–Crippen LogP) is 2.85. The summed E-state index contributed by atoms with van der Waals surface area (Å²) in [5.74, 6) is -0.315. The Bertz CT molecular complexity index is 538. The lowest BCUT2D eigenvalue weighted by atomic mass is 10.1. The van der Waals surface area contributed by atoms with Crippen LogP contribution < -0.4 is 5.32 Å². The van der Waals surface area contributed by atoms with Crippen molar-refractivity contribution < 1.29 is 9.53 Å². The summed E-state index contributed by atoms with van der Waals surface area (Å²) in [4.78, 5) is 15.6. The van der Waals surface area contributed by atoms with Crippen molar-refractivity contribution in [1.29, 1.82) is 0 Å². The Morgan fingerprint density at radius 1 is 1.50 bits per heavy atom. The van der Waals surface area contributed by atoms with E-state index in [4.69, 9.17) is 0 Å². The number of hydrogen-bond acceptors (Lipinski definition) is 5. The number of nitrogens with zero attached hydrogens (tertiary/aromatic N) is 1. The van der Waals surface area contributed by atoms with Gasteiger partial charge >= 0.3 is 5.97 Å². The third kappa shape index (κ3) is 2.87. The lowest BCUT2D eigenvalue weighted by Crippen LogP contribution is -2.04. The molecule has 1 aromatic carbocycles. The molecule has 0 aliphatic carbocycles. The van der Waals surface area contributed by atoms with Crippen molar-refractivity contribution in [2.45, 2.75) is 13.5 Å². The summed E-state index contributed by atoms with van der Waals surface area (Å²) in [6.45, 7) is 2.65. The number of ether oxygens (including phenoxy) is 1. The van der Waals surface area contributed by atoms with Crippen LogP contribution in [-0.4, -0.2) is 18.1 Å². The predicted molar refractivity (Wildman–Crippen MR) is 72.0 cm³/mol. The fourth-order valence-corrected chi connectivity index (χ4v) is 2.17. The van der Waals surface area contributed by atoms with Crippen LogP contribution in [0, 0.1) is 6.92 Å². The largest absolute Gasteiger partial charge is 0.465 e. The first-order valence-electron chi connectivity index (χ1n) is 5.52. The van der Waals surface area contributed by atoms with E-state index in [9.17, 15) is 4.79 Å². The lowest BCUT2D eigenvalue weighted by molar-refractivity contribution is 0.0600. The maximum atomic E-state index is 11.4. The molecule has 0 atom stereocenters. The fourth-order valence-electron chi connectivity index (χ4n) is 1.62. The van der Waals surface area contributed by atoms with Crippen LogP contribution in [0.2, 0.25) is 0 Å². The zero-order chi connectivity index (χ0) is 13.0. The number of benzene rings is 1. The highest BCUT2D eigenvalue weighted by Crippen LogP contribution is 2.18. The first-order chi connectivity index (χ1) is 8.70. The van der Waals surface area contributed by atoms with E-state index in [0.29, 0.717) is 12.1 Å². The summed E-state index contributed by atoms with van der Waals surface area (Å²) in [6, 6.07) is 5.45. The molecule has 0 fully saturated rings. The van der Waals surface area contributed by atoms with Gasteiger partial charge in [-0.25, -0.2) is 9.78 Å². The minimum atomic E-state index is -0.315. The van der Waals surface area contributed by atoms with Gasteiger partial charge < -0.3 is 10.1 Å². The fraction of sp³-hybridized carbons (Fsp3) is 0.231. The van der Waals surface area contributed by atoms with Crippen molar-refractivity contribution in [2.24, 2.45) is 0 Å². The molecule has 0 amide bonds. The van der Waals surface area contributed by atoms with E-state index in [1.165, 1.54) is 7.11 Å². The number of hydrogen-bond donors (Lipinski definition) is 1. The molecule has 5 heteroatoms. The van der Waals surface area contributed by atoms with E-state index in [2.05, 4.69) is 15.0 Å². The molecule has 0 saturated heterocycles. The summed E-state index contributed by atoms with van der Waals surface area (Å²) in [5.41, 5.74) is 2.57. The van der Waals surface area contributed by atoms with E-state index in [1.807, 2.05) is 24.4 Å². The van der Waals surface area contributed by atoms with Crippen LogP contribution in [-0.2, 0) is 11.3 Å². The lowest BCUT2D eigenvalue weighted by Gasteiger charge is -2.09. The summed E-state index contributed by atoms with van der Waals surface area (Å²) in [7, 11) is 1.38. The van der Waals surface area contributed by atoms with Gasteiger partial charge in [0.05, 0.1) is 19.2 Å². The van der Waals surface area contributed by atoms with Gasteiger partial charge in [0.1, 0.15) is 5.01 Å². The Morgan fingerprint density at radius 3 is 2.94 bits per heavy atom. The first kappa shape index (κ1) is 12.6. The highest BCUT2D eigenvalue weighted by atomic mass is 32.1. The van der Waals surface area contributed by atoms with Crippen molar-refractivity contribution >= 4 is 23.0 Å². The van der Waals surface area contributed by atoms with Gasteiger partial charge in [-0.3, -0.25) is 0 Å². The number of carbonyl (C=O) groups is 1. The Morgan fingerprint density at radius 2 is 2.33 bits per heavy atom. The van der Waals surface area contributed by atoms with Crippen molar-refractivity contribution in [2.75, 3.05) is 12.4 Å². The molecule has 1 N–H and O–H groups in total. The number of esters is 1. The van der Waals surface area contributed by atoms with Crippen LogP contribution in [0.3, 0.4) is 0 Å². The standard InChI is InChI=1S/C13H14N2O2S/c1-9-7-10(13(16)17-2)3-4-11(9)15-8-12-14-5-6-18-12/h3-7,15H,8H2,1-2H3. The normalized spacial score (nSPS) is 10.1. The van der Waals surface area contributed by atoms with Gasteiger partial charge in [-0.1, -0.05) is 0 Å². The number of anilines is 1. The van der Waals surface area contributed by atoms with E-state index >= 15 is 0 Å². The van der Waals surface area contributed by atoms with Gasteiger partial charge in [0, 0.05) is 17.3 Å². The number of thiazole rings is 1. The molecule has 1 aromatic heterocycles. The minimum Gasteiger partial charge on any atom is -0.465 e. The molecule has 94 valence electrons. The minimum absolute atomic E-state index is 0.315. The summed E-state index contributed by atoms with van der Waals surface area (Å²) < 4.78 is 4.68. The van der Waals surface area contributed by atoms with Gasteiger partial charge in [0.25, 0.3) is 0 Å². The Kier molecular flexibility index (Phi) is 3.94. The van der Waals surface area contributed by atoms with Gasteiger partial charge in [-0.15, -0.1) is 11.3 Å². The number of methoxy groups -OCH3 is 1. The molecular weight excluding hydrogens is 248 g/mol. The second-order valence-corrected chi connectivity index (χ2v) is 4.78. The number of carbonyl (C=O) groups excluding carboxylic acids is 1. The summed E-state index contributed by atoms with van der Waals surface area (Å²) >= 11 is 1.61. The number of aryl methyl sites for hydroxylation is 1. The van der Waals surface area contributed by atoms with E-state index < -0.39 is 0 Å². The van der Waals surface area contributed by atoms with Crippen LogP contribution in [0.4, 0.5) is 5.69 Å². The van der Waals surface area contributed by atoms with E-state index in [-0.39, 0.29) is 5.97 Å². The zero-order valence-corrected chi connectivity index (χ0v) is 11.1. The molecule has 0 radical (unpaired) electrons. The van der Waals surface area contributed by atoms with Crippen LogP contribution in [0.1, 0.15) is 20.9 Å². The molecular formula is C13H14N2O2S. The third-order valence-corrected chi connectivity index (χ3v) is 3.34. The monoisotopic (exact) mass is 262 g/mol. The Balaban J connectivity index is 2.08. The zero-order valence-electron chi connectivity index (χ0n) is 10.3. The second-order valence-electron chi connectivity index (χ2n) is 3.80. The van der Waals surface area contributed by atoms with Crippen molar-refractivity contribution in [1.82, 2.24) is 4.98 Å². The first-order valence-corrected chi connectivity index (χ1v) is 6.40. The molecule has 18 heavy (non-hydrogen) atoms. The van der Waals surface area contributed by atoms with Gasteiger partial charge in [0.15, 0.2) is 0 Å². The highest BCUT2D eigenvalue weighted by molar-refractivity contribution is 7.09. The van der Waals surface area contributed by atoms with Gasteiger partial charge in [0.2, 0.25) is 0 Å². The molecule has 4 nitrogen and oxygen atoms in total. The van der Waals surface area contributed by atoms with Crippen LogP contribution in [0.5, 0.6) is 0 Å². The molecule has 2 aromatic rings. The molecule has 0 saturated carbocycles. The van der Waals surface area contributed by atoms with Gasteiger partial charge in [-0.2, -0.15) is 0 Å². The van der Waals surface area contributed by atoms with Crippen LogP contribution >= 0.6 is 11.3 Å². The molecule has 0 aliphatic heterocycles. The quantitative estimate of drug-likeness (QED) is 0.861. The topological polar surface area (TPSA) is 51.2 Å². The van der Waals surface area contributed by atoms with Gasteiger partial charge in [-0.05, 0) is 30.7 Å². The maximum absolute atomic E-state index is 11.4. The van der Waals surface area contributed by atoms with Crippen molar-refractivity contribution in [3.63, 3.8) is 0 Å². The Hall–Kier alpha value is -1.88. The number of nitrogens with one attached hydrogen (secondary N) is 1. The molecule has 0 bridgehead atoms. The molecule has 0 aliphatic rings. The smallest absolute Gasteiger partial charge is 0.337 e. The van der Waals surface area contributed by atoms with E-state index in [0.717, 1.165) is 16.3 Å². The third-order valence-electron chi connectivity index (χ3n) is 2.56. The van der Waals surface area contributed by atoms with Crippen LogP contribution in [0.15, 0.2) is 29.8 Å². The van der Waals surface area contributed by atoms with Crippen LogP contribution in [0.25, 0.3) is 0 Å². The molecule has 0 spiro atoms. The van der Waals surface area contributed by atoms with Crippen molar-refractivity contribution in [3.8, 4) is 0 Å². The Labute approximate surface area is 110 Å². The summed E-state index contributed by atoms with van der Waals surface area (Å²) in [6.07, 6.45) is 1.79. The van der Waals surface area contributed by atoms with Crippen molar-refractivity contribution in [3.05, 3.63) is 45.9 Å². The maximum Gasteiger partial charge on any atom is 0.337 e. The second kappa shape index (κ2) is 5.64. The average Bonchev–Trinajstić information content (AvgIpc) is 2.89. The number of aromatic nitrogens is 1. The average molecular weight is 262 g/mol. The summed E-state index contributed by atoms with van der Waals surface area (Å²) in [5, 5.41) is 6.28.